The fraction of sp³-hybridized carbons (Fsp3) is 0.182. The lowest BCUT2D eigenvalue weighted by Crippen LogP contribution is -1.91. The number of rotatable bonds is 3. The third-order valence-corrected chi connectivity index (χ3v) is 1.87. The van der Waals surface area contributed by atoms with Crippen molar-refractivity contribution in [1.29, 1.82) is 0 Å². The van der Waals surface area contributed by atoms with Gasteiger partial charge >= 0.3 is 5.97 Å². The van der Waals surface area contributed by atoms with E-state index < -0.39 is 5.97 Å². The maximum absolute atomic E-state index is 10.3. The van der Waals surface area contributed by atoms with Crippen LogP contribution in [0.25, 0.3) is 6.08 Å². The standard InChI is InChI=1S/C11H12O3/c1-8-2-3-9(4-5-11(13)14)10(6-8)7-12/h2-6,12H,7H2,1H3,(H,13,14)/b5-4+. The molecule has 0 unspecified atom stereocenters. The second-order valence-corrected chi connectivity index (χ2v) is 3.03. The summed E-state index contributed by atoms with van der Waals surface area (Å²) in [5.41, 5.74) is 2.52. The van der Waals surface area contributed by atoms with Crippen LogP contribution in [0.1, 0.15) is 16.7 Å². The van der Waals surface area contributed by atoms with Gasteiger partial charge in [-0.1, -0.05) is 23.8 Å². The van der Waals surface area contributed by atoms with Crippen molar-refractivity contribution in [2.24, 2.45) is 0 Å². The summed E-state index contributed by atoms with van der Waals surface area (Å²) in [5, 5.41) is 17.5. The van der Waals surface area contributed by atoms with Crippen molar-refractivity contribution >= 4 is 12.0 Å². The summed E-state index contributed by atoms with van der Waals surface area (Å²) in [7, 11) is 0. The largest absolute Gasteiger partial charge is 0.478 e. The van der Waals surface area contributed by atoms with Crippen LogP contribution in [-0.4, -0.2) is 16.2 Å². The molecule has 74 valence electrons. The topological polar surface area (TPSA) is 57.5 Å². The van der Waals surface area contributed by atoms with Crippen LogP contribution >= 0.6 is 0 Å². The van der Waals surface area contributed by atoms with E-state index in [1.807, 2.05) is 19.1 Å². The molecular formula is C11H12O3. The van der Waals surface area contributed by atoms with E-state index in [2.05, 4.69) is 0 Å². The summed E-state index contributed by atoms with van der Waals surface area (Å²) < 4.78 is 0. The molecule has 3 heteroatoms. The van der Waals surface area contributed by atoms with Gasteiger partial charge in [0.1, 0.15) is 0 Å². The summed E-state index contributed by atoms with van der Waals surface area (Å²) in [5.74, 6) is -0.991. The van der Waals surface area contributed by atoms with Crippen molar-refractivity contribution in [3.05, 3.63) is 41.0 Å². The van der Waals surface area contributed by atoms with Gasteiger partial charge in [-0.15, -0.1) is 0 Å². The van der Waals surface area contributed by atoms with E-state index in [9.17, 15) is 4.79 Å². The summed E-state index contributed by atoms with van der Waals surface area (Å²) in [6.07, 6.45) is 2.54. The van der Waals surface area contributed by atoms with Crippen LogP contribution in [0.4, 0.5) is 0 Å². The average molecular weight is 192 g/mol. The SMILES string of the molecule is Cc1ccc(/C=C/C(=O)O)c(CO)c1. The van der Waals surface area contributed by atoms with E-state index >= 15 is 0 Å². The number of aliphatic carboxylic acids is 1. The van der Waals surface area contributed by atoms with Gasteiger partial charge in [-0.05, 0) is 24.1 Å². The van der Waals surface area contributed by atoms with Crippen molar-refractivity contribution in [2.75, 3.05) is 0 Å². The first-order valence-electron chi connectivity index (χ1n) is 4.25. The number of aliphatic hydroxyl groups is 1. The van der Waals surface area contributed by atoms with E-state index in [0.29, 0.717) is 0 Å². The van der Waals surface area contributed by atoms with Crippen LogP contribution in [0, 0.1) is 6.92 Å². The number of hydrogen-bond donors (Lipinski definition) is 2. The van der Waals surface area contributed by atoms with Gasteiger partial charge in [0.15, 0.2) is 0 Å². The van der Waals surface area contributed by atoms with Gasteiger partial charge in [0.2, 0.25) is 0 Å². The second kappa shape index (κ2) is 4.58. The minimum atomic E-state index is -0.991. The molecule has 14 heavy (non-hydrogen) atoms. The Hall–Kier alpha value is -1.61. The minimum absolute atomic E-state index is 0.0824. The summed E-state index contributed by atoms with van der Waals surface area (Å²) in [4.78, 5) is 10.3. The molecule has 0 aliphatic heterocycles. The van der Waals surface area contributed by atoms with Crippen LogP contribution in [0.2, 0.25) is 0 Å². The molecule has 0 spiro atoms. The first-order valence-corrected chi connectivity index (χ1v) is 4.25. The van der Waals surface area contributed by atoms with Crippen LogP contribution in [0.15, 0.2) is 24.3 Å². The molecule has 0 fully saturated rings. The maximum atomic E-state index is 10.3. The lowest BCUT2D eigenvalue weighted by molar-refractivity contribution is -0.131. The number of carboxylic acid groups (broad SMARTS) is 1. The molecule has 0 radical (unpaired) electrons. The summed E-state index contributed by atoms with van der Waals surface area (Å²) in [6.45, 7) is 1.84. The second-order valence-electron chi connectivity index (χ2n) is 3.03. The summed E-state index contributed by atoms with van der Waals surface area (Å²) in [6, 6.07) is 5.50. The fourth-order valence-corrected chi connectivity index (χ4v) is 1.20. The smallest absolute Gasteiger partial charge is 0.328 e. The van der Waals surface area contributed by atoms with Crippen LogP contribution < -0.4 is 0 Å². The molecule has 0 aromatic heterocycles. The number of aryl methyl sites for hydroxylation is 1. The van der Waals surface area contributed by atoms with Crippen LogP contribution in [0.3, 0.4) is 0 Å². The number of carboxylic acids is 1. The van der Waals surface area contributed by atoms with E-state index in [1.165, 1.54) is 6.08 Å². The molecular weight excluding hydrogens is 180 g/mol. The van der Waals surface area contributed by atoms with Crippen molar-refractivity contribution in [1.82, 2.24) is 0 Å². The van der Waals surface area contributed by atoms with Gasteiger partial charge in [-0.25, -0.2) is 4.79 Å². The molecule has 0 heterocycles. The number of hydrogen-bond acceptors (Lipinski definition) is 2. The molecule has 0 amide bonds. The molecule has 3 nitrogen and oxygen atoms in total. The van der Waals surface area contributed by atoms with E-state index in [4.69, 9.17) is 10.2 Å². The zero-order valence-corrected chi connectivity index (χ0v) is 7.90. The Balaban J connectivity index is 3.02. The Labute approximate surface area is 82.3 Å². The average Bonchev–Trinajstić information content (AvgIpc) is 2.15. The van der Waals surface area contributed by atoms with E-state index in [-0.39, 0.29) is 6.61 Å². The zero-order valence-electron chi connectivity index (χ0n) is 7.90. The summed E-state index contributed by atoms with van der Waals surface area (Å²) >= 11 is 0. The third-order valence-electron chi connectivity index (χ3n) is 1.87. The first-order chi connectivity index (χ1) is 6.63. The highest BCUT2D eigenvalue weighted by molar-refractivity contribution is 5.85. The predicted octanol–water partition coefficient (Wildman–Crippen LogP) is 1.59. The van der Waals surface area contributed by atoms with E-state index in [0.717, 1.165) is 22.8 Å². The molecule has 0 aliphatic carbocycles. The number of carbonyl (C=O) groups is 1. The Kier molecular flexibility index (Phi) is 3.42. The lowest BCUT2D eigenvalue weighted by Gasteiger charge is -2.03. The highest BCUT2D eigenvalue weighted by atomic mass is 16.4. The molecule has 2 N–H and O–H groups in total. The lowest BCUT2D eigenvalue weighted by atomic mass is 10.0. The van der Waals surface area contributed by atoms with Crippen LogP contribution in [-0.2, 0) is 11.4 Å². The molecule has 1 aromatic carbocycles. The first kappa shape index (κ1) is 10.5. The molecule has 0 saturated carbocycles. The van der Waals surface area contributed by atoms with Crippen molar-refractivity contribution < 1.29 is 15.0 Å². The Morgan fingerprint density at radius 1 is 1.50 bits per heavy atom. The van der Waals surface area contributed by atoms with Crippen molar-refractivity contribution in [3.63, 3.8) is 0 Å². The van der Waals surface area contributed by atoms with Gasteiger partial charge in [0.05, 0.1) is 6.61 Å². The monoisotopic (exact) mass is 192 g/mol. The molecule has 0 saturated heterocycles. The molecule has 1 rings (SSSR count). The van der Waals surface area contributed by atoms with E-state index in [1.54, 1.807) is 6.07 Å². The van der Waals surface area contributed by atoms with Crippen molar-refractivity contribution in [3.8, 4) is 0 Å². The number of benzene rings is 1. The quantitative estimate of drug-likeness (QED) is 0.715. The Morgan fingerprint density at radius 2 is 2.21 bits per heavy atom. The Bertz CT molecular complexity index is 367. The Morgan fingerprint density at radius 3 is 2.79 bits per heavy atom. The van der Waals surface area contributed by atoms with Crippen LogP contribution in [0.5, 0.6) is 0 Å². The van der Waals surface area contributed by atoms with Gasteiger partial charge in [-0.3, -0.25) is 0 Å². The highest BCUT2D eigenvalue weighted by Gasteiger charge is 1.98. The van der Waals surface area contributed by atoms with Gasteiger partial charge in [0, 0.05) is 6.08 Å². The minimum Gasteiger partial charge on any atom is -0.478 e. The fourth-order valence-electron chi connectivity index (χ4n) is 1.20. The normalized spacial score (nSPS) is 10.7. The molecule has 0 bridgehead atoms. The molecule has 0 aliphatic rings. The van der Waals surface area contributed by atoms with Gasteiger partial charge in [-0.2, -0.15) is 0 Å². The number of aliphatic hydroxyl groups excluding tert-OH is 1. The maximum Gasteiger partial charge on any atom is 0.328 e. The zero-order chi connectivity index (χ0) is 10.6. The highest BCUT2D eigenvalue weighted by Crippen LogP contribution is 2.13. The predicted molar refractivity (Wildman–Crippen MR) is 53.8 cm³/mol. The van der Waals surface area contributed by atoms with Gasteiger partial charge < -0.3 is 10.2 Å². The molecule has 0 atom stereocenters. The third kappa shape index (κ3) is 2.71. The van der Waals surface area contributed by atoms with Gasteiger partial charge in [0.25, 0.3) is 0 Å². The molecule has 1 aromatic rings. The van der Waals surface area contributed by atoms with Crippen molar-refractivity contribution in [2.45, 2.75) is 13.5 Å².